The molecule has 1 aliphatic rings. The van der Waals surface area contributed by atoms with Gasteiger partial charge in [-0.05, 0) is 62.1 Å². The van der Waals surface area contributed by atoms with Crippen molar-refractivity contribution in [3.8, 4) is 0 Å². The van der Waals surface area contributed by atoms with Crippen LogP contribution < -0.4 is 4.72 Å². The zero-order valence-electron chi connectivity index (χ0n) is 15.4. The smallest absolute Gasteiger partial charge is 0.210 e. The predicted octanol–water partition coefficient (Wildman–Crippen LogP) is 2.44. The lowest BCUT2D eigenvalue weighted by molar-refractivity contribution is 0.406. The van der Waals surface area contributed by atoms with Crippen LogP contribution in [0.4, 0.5) is 0 Å². The van der Waals surface area contributed by atoms with Crippen LogP contribution in [0, 0.1) is 13.8 Å². The highest BCUT2D eigenvalue weighted by Crippen LogP contribution is 2.31. The second-order valence-corrected chi connectivity index (χ2v) is 10.5. The number of hydrogen-bond donors (Lipinski definition) is 1. The second kappa shape index (κ2) is 7.71. The average molecular weight is 409 g/mol. The van der Waals surface area contributed by atoms with Gasteiger partial charge in [-0.15, -0.1) is 0 Å². The fourth-order valence-corrected chi connectivity index (χ4v) is 5.85. The molecule has 146 valence electrons. The number of hydrogen-bond acceptors (Lipinski definition) is 4. The van der Waals surface area contributed by atoms with E-state index in [2.05, 4.69) is 4.72 Å². The molecule has 0 heterocycles. The van der Waals surface area contributed by atoms with Gasteiger partial charge in [-0.2, -0.15) is 4.31 Å². The molecule has 1 fully saturated rings. The first-order chi connectivity index (χ1) is 12.7. The molecule has 8 heteroatoms. The van der Waals surface area contributed by atoms with Gasteiger partial charge in [-0.3, -0.25) is 0 Å². The van der Waals surface area contributed by atoms with Gasteiger partial charge in [-0.25, -0.2) is 21.6 Å². The highest BCUT2D eigenvalue weighted by Gasteiger charge is 2.37. The molecule has 0 atom stereocenters. The van der Waals surface area contributed by atoms with E-state index >= 15 is 0 Å². The number of benzene rings is 2. The summed E-state index contributed by atoms with van der Waals surface area (Å²) in [6.07, 6.45) is 1.60. The number of nitrogens with zero attached hydrogens (tertiary/aromatic N) is 1. The summed E-state index contributed by atoms with van der Waals surface area (Å²) in [4.78, 5) is 0.429. The van der Waals surface area contributed by atoms with Crippen LogP contribution in [0.5, 0.6) is 0 Å². The Morgan fingerprint density at radius 3 is 2.04 bits per heavy atom. The monoisotopic (exact) mass is 408 g/mol. The van der Waals surface area contributed by atoms with Crippen LogP contribution in [0.15, 0.2) is 58.3 Å². The third-order valence-electron chi connectivity index (χ3n) is 4.47. The summed E-state index contributed by atoms with van der Waals surface area (Å²) in [6, 6.07) is 13.3. The molecule has 0 aliphatic heterocycles. The molecule has 0 unspecified atom stereocenters. The molecule has 1 saturated carbocycles. The van der Waals surface area contributed by atoms with E-state index in [4.69, 9.17) is 0 Å². The summed E-state index contributed by atoms with van der Waals surface area (Å²) in [5, 5.41) is 0. The van der Waals surface area contributed by atoms with Crippen molar-refractivity contribution < 1.29 is 16.8 Å². The number of rotatable bonds is 8. The van der Waals surface area contributed by atoms with Gasteiger partial charge in [0.25, 0.3) is 0 Å². The fourth-order valence-electron chi connectivity index (χ4n) is 2.93. The van der Waals surface area contributed by atoms with Crippen molar-refractivity contribution in [2.75, 3.05) is 13.1 Å². The largest absolute Gasteiger partial charge is 0.243 e. The van der Waals surface area contributed by atoms with Crippen LogP contribution in [0.2, 0.25) is 0 Å². The van der Waals surface area contributed by atoms with Crippen molar-refractivity contribution in [2.45, 2.75) is 42.5 Å². The van der Waals surface area contributed by atoms with E-state index in [0.29, 0.717) is 0 Å². The van der Waals surface area contributed by atoms with E-state index in [1.165, 1.54) is 10.4 Å². The summed E-state index contributed by atoms with van der Waals surface area (Å²) >= 11 is 0. The van der Waals surface area contributed by atoms with Crippen molar-refractivity contribution >= 4 is 20.0 Å². The molecule has 27 heavy (non-hydrogen) atoms. The highest BCUT2D eigenvalue weighted by atomic mass is 32.2. The predicted molar refractivity (Wildman–Crippen MR) is 104 cm³/mol. The third-order valence-corrected chi connectivity index (χ3v) is 7.88. The zero-order valence-corrected chi connectivity index (χ0v) is 17.1. The molecule has 0 saturated heterocycles. The minimum Gasteiger partial charge on any atom is -0.210 e. The second-order valence-electron chi connectivity index (χ2n) is 6.88. The Labute approximate surface area is 161 Å². The Bertz CT molecular complexity index is 1030. The number of aryl methyl sites for hydroxylation is 2. The summed E-state index contributed by atoms with van der Waals surface area (Å²) in [7, 11) is -7.32. The summed E-state index contributed by atoms with van der Waals surface area (Å²) in [5.41, 5.74) is 1.71. The van der Waals surface area contributed by atoms with E-state index in [9.17, 15) is 16.8 Å². The van der Waals surface area contributed by atoms with Gasteiger partial charge in [0, 0.05) is 19.1 Å². The van der Waals surface area contributed by atoms with E-state index in [1.54, 1.807) is 30.3 Å². The molecule has 0 bridgehead atoms. The van der Waals surface area contributed by atoms with E-state index in [0.717, 1.165) is 24.0 Å². The minimum atomic E-state index is -3.67. The molecule has 2 aromatic carbocycles. The highest BCUT2D eigenvalue weighted by molar-refractivity contribution is 7.89. The molecule has 0 radical (unpaired) electrons. The molecule has 3 rings (SSSR count). The maximum Gasteiger partial charge on any atom is 0.243 e. The van der Waals surface area contributed by atoms with Gasteiger partial charge in [0.1, 0.15) is 0 Å². The lowest BCUT2D eigenvalue weighted by Crippen LogP contribution is -2.39. The van der Waals surface area contributed by atoms with Crippen LogP contribution in [-0.2, 0) is 20.0 Å². The normalized spacial score (nSPS) is 15.2. The first kappa shape index (κ1) is 20.0. The lowest BCUT2D eigenvalue weighted by atomic mass is 10.2. The van der Waals surface area contributed by atoms with Crippen molar-refractivity contribution in [3.63, 3.8) is 0 Å². The molecule has 0 amide bonds. The molecule has 0 aromatic heterocycles. The molecular formula is C19H24N2O4S2. The van der Waals surface area contributed by atoms with E-state index in [1.807, 2.05) is 26.0 Å². The Kier molecular flexibility index (Phi) is 5.71. The lowest BCUT2D eigenvalue weighted by Gasteiger charge is -2.22. The van der Waals surface area contributed by atoms with Crippen molar-refractivity contribution in [1.82, 2.24) is 9.03 Å². The Morgan fingerprint density at radius 2 is 1.48 bits per heavy atom. The van der Waals surface area contributed by atoms with Crippen LogP contribution in [0.1, 0.15) is 24.0 Å². The number of sulfonamides is 2. The first-order valence-corrected chi connectivity index (χ1v) is 11.8. The summed E-state index contributed by atoms with van der Waals surface area (Å²) in [5.74, 6) is 0. The fraction of sp³-hybridized carbons (Fsp3) is 0.368. The van der Waals surface area contributed by atoms with Crippen molar-refractivity contribution in [2.24, 2.45) is 0 Å². The van der Waals surface area contributed by atoms with Gasteiger partial charge in [-0.1, -0.05) is 24.3 Å². The molecule has 6 nitrogen and oxygen atoms in total. The molecule has 1 aliphatic carbocycles. The molecule has 2 aromatic rings. The van der Waals surface area contributed by atoms with Gasteiger partial charge in [0.15, 0.2) is 0 Å². The third kappa shape index (κ3) is 4.76. The van der Waals surface area contributed by atoms with Crippen molar-refractivity contribution in [3.05, 3.63) is 59.7 Å². The van der Waals surface area contributed by atoms with E-state index < -0.39 is 20.0 Å². The summed E-state index contributed by atoms with van der Waals surface area (Å²) < 4.78 is 54.8. The maximum atomic E-state index is 13.0. The quantitative estimate of drug-likeness (QED) is 0.727. The molecule has 0 spiro atoms. The first-order valence-electron chi connectivity index (χ1n) is 8.85. The van der Waals surface area contributed by atoms with Gasteiger partial charge in [0.2, 0.25) is 20.0 Å². The average Bonchev–Trinajstić information content (AvgIpc) is 3.43. The maximum absolute atomic E-state index is 13.0. The van der Waals surface area contributed by atoms with E-state index in [-0.39, 0.29) is 28.9 Å². The SMILES string of the molecule is Cc1cccc(S(=O)(=O)NCCN(C2CC2)S(=O)(=O)c2cccc(C)c2)c1. The topological polar surface area (TPSA) is 83.6 Å². The molecule has 1 N–H and O–H groups in total. The van der Waals surface area contributed by atoms with Gasteiger partial charge >= 0.3 is 0 Å². The van der Waals surface area contributed by atoms with Crippen LogP contribution in [-0.4, -0.2) is 40.3 Å². The number of nitrogens with one attached hydrogen (secondary N) is 1. The van der Waals surface area contributed by atoms with Crippen LogP contribution in [0.25, 0.3) is 0 Å². The summed E-state index contributed by atoms with van der Waals surface area (Å²) in [6.45, 7) is 3.79. The Hall–Kier alpha value is -1.74. The standard InChI is InChI=1S/C19H24N2O4S2/c1-15-5-3-7-18(13-15)26(22,23)20-11-12-21(17-9-10-17)27(24,25)19-8-4-6-16(2)14-19/h3-8,13-14,17,20H,9-12H2,1-2H3. The Balaban J connectivity index is 1.73. The van der Waals surface area contributed by atoms with Gasteiger partial charge < -0.3 is 0 Å². The van der Waals surface area contributed by atoms with Gasteiger partial charge in [0.05, 0.1) is 9.79 Å². The minimum absolute atomic E-state index is 0.0256. The van der Waals surface area contributed by atoms with Crippen LogP contribution >= 0.6 is 0 Å². The Morgan fingerprint density at radius 1 is 0.926 bits per heavy atom. The molecular weight excluding hydrogens is 384 g/mol. The zero-order chi connectivity index (χ0) is 19.7. The van der Waals surface area contributed by atoms with Crippen molar-refractivity contribution in [1.29, 1.82) is 0 Å². The van der Waals surface area contributed by atoms with Crippen LogP contribution in [0.3, 0.4) is 0 Å².